The molecule has 0 aliphatic rings. The standard InChI is InChI=1S/C9H17NO3/c1-6(11)7(9(2,3)4)10-8(12)13-5/h7H,1-5H3,(H,10,12)/t7-/m0/s1. The molecule has 0 aromatic carbocycles. The van der Waals surface area contributed by atoms with E-state index in [2.05, 4.69) is 10.1 Å². The summed E-state index contributed by atoms with van der Waals surface area (Å²) < 4.78 is 4.42. The van der Waals surface area contributed by atoms with Crippen LogP contribution in [0.15, 0.2) is 0 Å². The molecule has 0 radical (unpaired) electrons. The van der Waals surface area contributed by atoms with E-state index in [4.69, 9.17) is 0 Å². The summed E-state index contributed by atoms with van der Waals surface area (Å²) in [5, 5.41) is 2.50. The number of ketones is 1. The molecule has 4 heteroatoms. The maximum absolute atomic E-state index is 11.2. The number of hydrogen-bond acceptors (Lipinski definition) is 3. The van der Waals surface area contributed by atoms with Crippen LogP contribution in [-0.4, -0.2) is 25.0 Å². The van der Waals surface area contributed by atoms with Gasteiger partial charge in [-0.25, -0.2) is 4.79 Å². The van der Waals surface area contributed by atoms with E-state index in [-0.39, 0.29) is 11.2 Å². The van der Waals surface area contributed by atoms with Gasteiger partial charge in [0.25, 0.3) is 0 Å². The minimum absolute atomic E-state index is 0.0714. The zero-order valence-electron chi connectivity index (χ0n) is 8.80. The summed E-state index contributed by atoms with van der Waals surface area (Å²) in [7, 11) is 1.27. The third kappa shape index (κ3) is 3.92. The molecule has 0 fully saturated rings. The van der Waals surface area contributed by atoms with E-state index in [1.165, 1.54) is 14.0 Å². The molecule has 4 nitrogen and oxygen atoms in total. The number of rotatable bonds is 2. The number of carbonyl (C=O) groups is 2. The van der Waals surface area contributed by atoms with Gasteiger partial charge in [-0.15, -0.1) is 0 Å². The highest BCUT2D eigenvalue weighted by atomic mass is 16.5. The van der Waals surface area contributed by atoms with Crippen LogP contribution in [0.1, 0.15) is 27.7 Å². The SMILES string of the molecule is COC(=O)N[C@@H](C(C)=O)C(C)(C)C. The van der Waals surface area contributed by atoms with Gasteiger partial charge in [0.05, 0.1) is 13.2 Å². The lowest BCUT2D eigenvalue weighted by atomic mass is 9.85. The number of nitrogens with one attached hydrogen (secondary N) is 1. The average molecular weight is 187 g/mol. The Hall–Kier alpha value is -1.06. The van der Waals surface area contributed by atoms with E-state index in [0.29, 0.717) is 0 Å². The van der Waals surface area contributed by atoms with Crippen LogP contribution in [0.3, 0.4) is 0 Å². The van der Waals surface area contributed by atoms with Crippen molar-refractivity contribution in [3.05, 3.63) is 0 Å². The Balaban J connectivity index is 4.46. The van der Waals surface area contributed by atoms with Gasteiger partial charge in [0.1, 0.15) is 0 Å². The maximum atomic E-state index is 11.2. The van der Waals surface area contributed by atoms with Crippen molar-refractivity contribution in [2.45, 2.75) is 33.7 Å². The number of carbonyl (C=O) groups excluding carboxylic acids is 2. The zero-order chi connectivity index (χ0) is 10.6. The predicted molar refractivity (Wildman–Crippen MR) is 49.5 cm³/mol. The largest absolute Gasteiger partial charge is 0.453 e. The van der Waals surface area contributed by atoms with Crippen LogP contribution in [0, 0.1) is 5.41 Å². The topological polar surface area (TPSA) is 55.4 Å². The molecular formula is C9H17NO3. The van der Waals surface area contributed by atoms with Crippen LogP contribution in [0.4, 0.5) is 4.79 Å². The minimum atomic E-state index is -0.574. The summed E-state index contributed by atoms with van der Waals surface area (Å²) in [5.74, 6) is -0.0714. The average Bonchev–Trinajstić information content (AvgIpc) is 1.96. The molecule has 0 rings (SSSR count). The van der Waals surface area contributed by atoms with Crippen LogP contribution in [0.5, 0.6) is 0 Å². The third-order valence-corrected chi connectivity index (χ3v) is 1.72. The number of Topliss-reactive ketones (excluding diaryl/α,β-unsaturated/α-hetero) is 1. The maximum Gasteiger partial charge on any atom is 0.407 e. The van der Waals surface area contributed by atoms with Gasteiger partial charge in [-0.05, 0) is 12.3 Å². The second kappa shape index (κ2) is 4.25. The molecule has 0 saturated heterocycles. The smallest absolute Gasteiger partial charge is 0.407 e. The molecule has 0 saturated carbocycles. The fourth-order valence-electron chi connectivity index (χ4n) is 1.10. The number of alkyl carbamates (subject to hydrolysis) is 1. The monoisotopic (exact) mass is 187 g/mol. The zero-order valence-corrected chi connectivity index (χ0v) is 8.80. The second-order valence-corrected chi connectivity index (χ2v) is 4.05. The Bertz CT molecular complexity index is 205. The van der Waals surface area contributed by atoms with Crippen LogP contribution < -0.4 is 5.32 Å². The number of ether oxygens (including phenoxy) is 1. The van der Waals surface area contributed by atoms with Crippen molar-refractivity contribution in [2.75, 3.05) is 7.11 Å². The van der Waals surface area contributed by atoms with Gasteiger partial charge in [0.15, 0.2) is 5.78 Å². The molecule has 76 valence electrons. The van der Waals surface area contributed by atoms with E-state index in [9.17, 15) is 9.59 Å². The Morgan fingerprint density at radius 3 is 2.00 bits per heavy atom. The van der Waals surface area contributed by atoms with Crippen molar-refractivity contribution >= 4 is 11.9 Å². The van der Waals surface area contributed by atoms with Crippen LogP contribution in [0.2, 0.25) is 0 Å². The van der Waals surface area contributed by atoms with Crippen molar-refractivity contribution in [3.63, 3.8) is 0 Å². The highest BCUT2D eigenvalue weighted by Crippen LogP contribution is 2.19. The van der Waals surface area contributed by atoms with Gasteiger partial charge in [-0.1, -0.05) is 20.8 Å². The van der Waals surface area contributed by atoms with Crippen molar-refractivity contribution in [2.24, 2.45) is 5.41 Å². The van der Waals surface area contributed by atoms with E-state index in [1.54, 1.807) is 0 Å². The van der Waals surface area contributed by atoms with Gasteiger partial charge in [0, 0.05) is 0 Å². The van der Waals surface area contributed by atoms with Crippen molar-refractivity contribution in [3.8, 4) is 0 Å². The first kappa shape index (κ1) is 11.9. The van der Waals surface area contributed by atoms with Crippen molar-refractivity contribution in [1.82, 2.24) is 5.32 Å². The fourth-order valence-corrected chi connectivity index (χ4v) is 1.10. The summed E-state index contributed by atoms with van der Waals surface area (Å²) in [6.45, 7) is 7.10. The van der Waals surface area contributed by atoms with Crippen molar-refractivity contribution < 1.29 is 14.3 Å². The van der Waals surface area contributed by atoms with Crippen molar-refractivity contribution in [1.29, 1.82) is 0 Å². The molecule has 0 aromatic heterocycles. The lowest BCUT2D eigenvalue weighted by Crippen LogP contribution is -2.48. The molecule has 0 spiro atoms. The van der Waals surface area contributed by atoms with Gasteiger partial charge < -0.3 is 10.1 Å². The number of methoxy groups -OCH3 is 1. The Kier molecular flexibility index (Phi) is 3.91. The fraction of sp³-hybridized carbons (Fsp3) is 0.778. The molecule has 1 atom stereocenters. The molecular weight excluding hydrogens is 170 g/mol. The summed E-state index contributed by atoms with van der Waals surface area (Å²) in [6, 6.07) is -0.500. The summed E-state index contributed by atoms with van der Waals surface area (Å²) in [4.78, 5) is 22.1. The van der Waals surface area contributed by atoms with E-state index < -0.39 is 12.1 Å². The lowest BCUT2D eigenvalue weighted by molar-refractivity contribution is -0.121. The van der Waals surface area contributed by atoms with Gasteiger partial charge in [-0.2, -0.15) is 0 Å². The molecule has 13 heavy (non-hydrogen) atoms. The summed E-state index contributed by atoms with van der Waals surface area (Å²) >= 11 is 0. The highest BCUT2D eigenvalue weighted by Gasteiger charge is 2.30. The Morgan fingerprint density at radius 2 is 1.77 bits per heavy atom. The number of amides is 1. The lowest BCUT2D eigenvalue weighted by Gasteiger charge is -2.28. The molecule has 0 bridgehead atoms. The van der Waals surface area contributed by atoms with Crippen LogP contribution in [0.25, 0.3) is 0 Å². The summed E-state index contributed by atoms with van der Waals surface area (Å²) in [5.41, 5.74) is -0.292. The molecule has 0 aliphatic heterocycles. The summed E-state index contributed by atoms with van der Waals surface area (Å²) in [6.07, 6.45) is -0.574. The number of hydrogen-bond donors (Lipinski definition) is 1. The van der Waals surface area contributed by atoms with Gasteiger partial charge in [-0.3, -0.25) is 4.79 Å². The molecule has 0 aliphatic carbocycles. The Labute approximate surface area is 78.6 Å². The van der Waals surface area contributed by atoms with E-state index in [1.807, 2.05) is 20.8 Å². The molecule has 1 amide bonds. The van der Waals surface area contributed by atoms with Crippen LogP contribution in [-0.2, 0) is 9.53 Å². The molecule has 0 unspecified atom stereocenters. The molecule has 0 aromatic rings. The van der Waals surface area contributed by atoms with E-state index in [0.717, 1.165) is 0 Å². The first-order valence-corrected chi connectivity index (χ1v) is 4.14. The normalized spacial score (nSPS) is 13.3. The van der Waals surface area contributed by atoms with E-state index >= 15 is 0 Å². The third-order valence-electron chi connectivity index (χ3n) is 1.72. The van der Waals surface area contributed by atoms with Gasteiger partial charge in [0.2, 0.25) is 0 Å². The molecule has 1 N–H and O–H groups in total. The predicted octanol–water partition coefficient (Wildman–Crippen LogP) is 1.35. The first-order valence-electron chi connectivity index (χ1n) is 4.14. The Morgan fingerprint density at radius 1 is 1.31 bits per heavy atom. The van der Waals surface area contributed by atoms with Crippen LogP contribution >= 0.6 is 0 Å². The quantitative estimate of drug-likeness (QED) is 0.709. The first-order chi connectivity index (χ1) is 5.79. The molecule has 0 heterocycles. The van der Waals surface area contributed by atoms with Gasteiger partial charge >= 0.3 is 6.09 Å². The second-order valence-electron chi connectivity index (χ2n) is 4.05. The minimum Gasteiger partial charge on any atom is -0.453 e. The highest BCUT2D eigenvalue weighted by molar-refractivity contribution is 5.86.